The van der Waals surface area contributed by atoms with E-state index < -0.39 is 0 Å². The third-order valence-corrected chi connectivity index (χ3v) is 4.64. The second-order valence-corrected chi connectivity index (χ2v) is 6.56. The Kier molecular flexibility index (Phi) is 4.27. The van der Waals surface area contributed by atoms with Crippen molar-refractivity contribution >= 4 is 39.8 Å². The molecule has 1 N–H and O–H groups in total. The molecular weight excluding hydrogens is 343 g/mol. The first-order chi connectivity index (χ1) is 11.7. The van der Waals surface area contributed by atoms with Gasteiger partial charge in [0.05, 0.1) is 11.2 Å². The standard InChI is InChI=1S/C18H16Cl2N4/c19-13-4-5-16-15(11-13)17(23-18(20)22-16)12-2-1-3-14(10-12)24-8-6-21-7-9-24/h1-5,10-11,21H,6-9H2. The number of piperazine rings is 1. The van der Waals surface area contributed by atoms with Crippen LogP contribution in [0.5, 0.6) is 0 Å². The topological polar surface area (TPSA) is 41.1 Å². The minimum Gasteiger partial charge on any atom is -0.369 e. The molecule has 6 heteroatoms. The number of hydrogen-bond acceptors (Lipinski definition) is 4. The predicted molar refractivity (Wildman–Crippen MR) is 100 cm³/mol. The van der Waals surface area contributed by atoms with Gasteiger partial charge < -0.3 is 10.2 Å². The number of nitrogens with one attached hydrogen (secondary N) is 1. The van der Waals surface area contributed by atoms with E-state index in [4.69, 9.17) is 23.2 Å². The maximum atomic E-state index is 6.17. The summed E-state index contributed by atoms with van der Waals surface area (Å²) in [5.74, 6) is 0. The van der Waals surface area contributed by atoms with Gasteiger partial charge in [0, 0.05) is 47.8 Å². The molecule has 2 aromatic carbocycles. The van der Waals surface area contributed by atoms with Crippen LogP contribution in [-0.2, 0) is 0 Å². The van der Waals surface area contributed by atoms with Crippen LogP contribution >= 0.6 is 23.2 Å². The summed E-state index contributed by atoms with van der Waals surface area (Å²) in [5, 5.41) is 5.18. The molecule has 0 unspecified atom stereocenters. The van der Waals surface area contributed by atoms with Gasteiger partial charge in [-0.25, -0.2) is 9.97 Å². The molecule has 0 amide bonds. The highest BCUT2D eigenvalue weighted by Gasteiger charge is 2.14. The SMILES string of the molecule is Clc1ccc2nc(Cl)nc(-c3cccc(N4CCNCC4)c3)c2c1. The summed E-state index contributed by atoms with van der Waals surface area (Å²) in [4.78, 5) is 11.1. The highest BCUT2D eigenvalue weighted by Crippen LogP contribution is 2.31. The van der Waals surface area contributed by atoms with Gasteiger partial charge in [-0.3, -0.25) is 0 Å². The molecule has 4 nitrogen and oxygen atoms in total. The van der Waals surface area contributed by atoms with Crippen molar-refractivity contribution in [3.05, 3.63) is 52.8 Å². The number of rotatable bonds is 2. The zero-order valence-electron chi connectivity index (χ0n) is 13.0. The van der Waals surface area contributed by atoms with Crippen LogP contribution in [0.25, 0.3) is 22.2 Å². The highest BCUT2D eigenvalue weighted by atomic mass is 35.5. The van der Waals surface area contributed by atoms with E-state index in [1.165, 1.54) is 5.69 Å². The normalized spacial score (nSPS) is 15.0. The van der Waals surface area contributed by atoms with Crippen LogP contribution in [0.3, 0.4) is 0 Å². The smallest absolute Gasteiger partial charge is 0.223 e. The van der Waals surface area contributed by atoms with E-state index in [0.29, 0.717) is 5.02 Å². The number of hydrogen-bond donors (Lipinski definition) is 1. The number of halogens is 2. The Hall–Kier alpha value is -1.88. The first-order valence-electron chi connectivity index (χ1n) is 7.89. The molecule has 1 aliphatic rings. The minimum atomic E-state index is 0.243. The van der Waals surface area contributed by atoms with Crippen LogP contribution < -0.4 is 10.2 Å². The summed E-state index contributed by atoms with van der Waals surface area (Å²) in [5.41, 5.74) is 3.81. The molecule has 3 aromatic rings. The van der Waals surface area contributed by atoms with E-state index >= 15 is 0 Å². The van der Waals surface area contributed by atoms with Crippen molar-refractivity contribution in [3.8, 4) is 11.3 Å². The van der Waals surface area contributed by atoms with Gasteiger partial charge in [0.15, 0.2) is 0 Å². The van der Waals surface area contributed by atoms with Crippen molar-refractivity contribution in [2.45, 2.75) is 0 Å². The number of anilines is 1. The molecule has 1 saturated heterocycles. The summed E-state index contributed by atoms with van der Waals surface area (Å²) < 4.78 is 0. The minimum absolute atomic E-state index is 0.243. The van der Waals surface area contributed by atoms with Gasteiger partial charge in [-0.1, -0.05) is 23.7 Å². The lowest BCUT2D eigenvalue weighted by Gasteiger charge is -2.29. The van der Waals surface area contributed by atoms with Gasteiger partial charge >= 0.3 is 0 Å². The first kappa shape index (κ1) is 15.6. The van der Waals surface area contributed by atoms with Gasteiger partial charge in [0.1, 0.15) is 0 Å². The molecule has 2 heterocycles. The van der Waals surface area contributed by atoms with E-state index in [2.05, 4.69) is 38.4 Å². The van der Waals surface area contributed by atoms with Crippen molar-refractivity contribution < 1.29 is 0 Å². The van der Waals surface area contributed by atoms with Crippen LogP contribution in [0.2, 0.25) is 10.3 Å². The van der Waals surface area contributed by atoms with E-state index in [1.54, 1.807) is 0 Å². The fourth-order valence-corrected chi connectivity index (χ4v) is 3.41. The molecule has 1 aromatic heterocycles. The summed E-state index contributed by atoms with van der Waals surface area (Å²) in [7, 11) is 0. The first-order valence-corrected chi connectivity index (χ1v) is 8.65. The fraction of sp³-hybridized carbons (Fsp3) is 0.222. The lowest BCUT2D eigenvalue weighted by Crippen LogP contribution is -2.43. The maximum Gasteiger partial charge on any atom is 0.223 e. The molecule has 0 atom stereocenters. The zero-order chi connectivity index (χ0) is 16.5. The third kappa shape index (κ3) is 3.05. The van der Waals surface area contributed by atoms with E-state index in [9.17, 15) is 0 Å². The molecule has 1 aliphatic heterocycles. The van der Waals surface area contributed by atoms with Gasteiger partial charge in [0.25, 0.3) is 0 Å². The summed E-state index contributed by atoms with van der Waals surface area (Å²) in [6, 6.07) is 14.0. The molecule has 24 heavy (non-hydrogen) atoms. The van der Waals surface area contributed by atoms with Crippen LogP contribution in [0, 0.1) is 0 Å². The average Bonchev–Trinajstić information content (AvgIpc) is 2.62. The lowest BCUT2D eigenvalue weighted by atomic mass is 10.1. The number of fused-ring (bicyclic) bond motifs is 1. The second kappa shape index (κ2) is 6.55. The monoisotopic (exact) mass is 358 g/mol. The molecule has 0 bridgehead atoms. The fourth-order valence-electron chi connectivity index (χ4n) is 3.07. The lowest BCUT2D eigenvalue weighted by molar-refractivity contribution is 0.589. The summed E-state index contributed by atoms with van der Waals surface area (Å²) in [6.45, 7) is 4.01. The molecule has 122 valence electrons. The molecule has 0 radical (unpaired) electrons. The average molecular weight is 359 g/mol. The van der Waals surface area contributed by atoms with Crippen molar-refractivity contribution in [1.82, 2.24) is 15.3 Å². The number of benzene rings is 2. The highest BCUT2D eigenvalue weighted by molar-refractivity contribution is 6.31. The van der Waals surface area contributed by atoms with Gasteiger partial charge in [-0.2, -0.15) is 0 Å². The molecule has 0 saturated carbocycles. The Morgan fingerprint density at radius 1 is 0.958 bits per heavy atom. The Morgan fingerprint density at radius 3 is 2.62 bits per heavy atom. The number of nitrogens with zero attached hydrogens (tertiary/aromatic N) is 3. The van der Waals surface area contributed by atoms with E-state index in [0.717, 1.165) is 48.3 Å². The van der Waals surface area contributed by atoms with Crippen LogP contribution in [0.1, 0.15) is 0 Å². The number of aromatic nitrogens is 2. The molecule has 0 aliphatic carbocycles. The second-order valence-electron chi connectivity index (χ2n) is 5.79. The zero-order valence-corrected chi connectivity index (χ0v) is 14.5. The summed E-state index contributed by atoms with van der Waals surface area (Å²) in [6.07, 6.45) is 0. The molecule has 1 fully saturated rings. The van der Waals surface area contributed by atoms with Gasteiger partial charge in [0.2, 0.25) is 5.28 Å². The van der Waals surface area contributed by atoms with E-state index in [-0.39, 0.29) is 5.28 Å². The Morgan fingerprint density at radius 2 is 1.79 bits per heavy atom. The third-order valence-electron chi connectivity index (χ3n) is 4.23. The predicted octanol–water partition coefficient (Wildman–Crippen LogP) is 4.01. The van der Waals surface area contributed by atoms with Gasteiger partial charge in [-0.05, 0) is 41.9 Å². The Labute approximate surface area is 150 Å². The largest absolute Gasteiger partial charge is 0.369 e. The molecule has 4 rings (SSSR count). The van der Waals surface area contributed by atoms with Crippen LogP contribution in [0.15, 0.2) is 42.5 Å². The van der Waals surface area contributed by atoms with E-state index in [1.807, 2.05) is 24.3 Å². The quantitative estimate of drug-likeness (QED) is 0.702. The van der Waals surface area contributed by atoms with Crippen molar-refractivity contribution in [1.29, 1.82) is 0 Å². The Balaban J connectivity index is 1.84. The van der Waals surface area contributed by atoms with Crippen molar-refractivity contribution in [2.24, 2.45) is 0 Å². The molecular formula is C18H16Cl2N4. The molecule has 0 spiro atoms. The van der Waals surface area contributed by atoms with Gasteiger partial charge in [-0.15, -0.1) is 0 Å². The maximum absolute atomic E-state index is 6.17. The van der Waals surface area contributed by atoms with Crippen molar-refractivity contribution in [3.63, 3.8) is 0 Å². The van der Waals surface area contributed by atoms with Crippen LogP contribution in [0.4, 0.5) is 5.69 Å². The Bertz CT molecular complexity index is 891. The van der Waals surface area contributed by atoms with Crippen LogP contribution in [-0.4, -0.2) is 36.1 Å². The van der Waals surface area contributed by atoms with Crippen molar-refractivity contribution in [2.75, 3.05) is 31.1 Å². The summed E-state index contributed by atoms with van der Waals surface area (Å²) >= 11 is 12.3.